The predicted octanol–water partition coefficient (Wildman–Crippen LogP) is 3.99. The number of nitrogens with zero attached hydrogens (tertiary/aromatic N) is 3. The van der Waals surface area contributed by atoms with Crippen LogP contribution in [0.1, 0.15) is 47.3 Å². The van der Waals surface area contributed by atoms with E-state index < -0.39 is 5.92 Å². The summed E-state index contributed by atoms with van der Waals surface area (Å²) in [5, 5.41) is 17.7. The molecule has 0 spiro atoms. The van der Waals surface area contributed by atoms with Crippen LogP contribution in [-0.4, -0.2) is 26.5 Å². The van der Waals surface area contributed by atoms with Crippen molar-refractivity contribution in [3.8, 4) is 0 Å². The standard InChI is InChI=1S/C24H23N5O/c1-17(18-11-5-2-6-12-18)25-24(30)22(23-26-28-29-27-23)21(19-13-7-3-8-14-19)20-15-9-4-10-16-20/h2-17,21-22H,1H3,(H,25,30)(H,26,27,28,29). The Morgan fingerprint density at radius 2 is 1.30 bits per heavy atom. The Morgan fingerprint density at radius 1 is 0.800 bits per heavy atom. The van der Waals surface area contributed by atoms with E-state index >= 15 is 0 Å². The molecule has 0 saturated carbocycles. The molecule has 3 aromatic carbocycles. The topological polar surface area (TPSA) is 83.6 Å². The second-order valence-electron chi connectivity index (χ2n) is 7.19. The fourth-order valence-electron chi connectivity index (χ4n) is 3.75. The van der Waals surface area contributed by atoms with Crippen LogP contribution in [0.2, 0.25) is 0 Å². The number of H-pyrrole nitrogens is 1. The summed E-state index contributed by atoms with van der Waals surface area (Å²) in [5.74, 6) is -0.677. The lowest BCUT2D eigenvalue weighted by molar-refractivity contribution is -0.123. The molecule has 1 amide bonds. The van der Waals surface area contributed by atoms with Gasteiger partial charge in [0, 0.05) is 5.92 Å². The van der Waals surface area contributed by atoms with Gasteiger partial charge in [-0.25, -0.2) is 0 Å². The Balaban J connectivity index is 1.74. The van der Waals surface area contributed by atoms with Crippen molar-refractivity contribution in [2.45, 2.75) is 24.8 Å². The number of hydrogen-bond donors (Lipinski definition) is 2. The molecule has 0 aliphatic heterocycles. The highest BCUT2D eigenvalue weighted by molar-refractivity contribution is 5.85. The van der Waals surface area contributed by atoms with Gasteiger partial charge in [0.05, 0.1) is 6.04 Å². The maximum atomic E-state index is 13.6. The Labute approximate surface area is 175 Å². The first-order valence-electron chi connectivity index (χ1n) is 9.92. The quantitative estimate of drug-likeness (QED) is 0.494. The lowest BCUT2D eigenvalue weighted by Crippen LogP contribution is -2.35. The summed E-state index contributed by atoms with van der Waals surface area (Å²) < 4.78 is 0. The summed E-state index contributed by atoms with van der Waals surface area (Å²) >= 11 is 0. The molecule has 1 heterocycles. The van der Waals surface area contributed by atoms with Gasteiger partial charge in [0.2, 0.25) is 5.91 Å². The third kappa shape index (κ3) is 4.27. The maximum absolute atomic E-state index is 13.6. The van der Waals surface area contributed by atoms with E-state index in [2.05, 4.69) is 25.9 Å². The van der Waals surface area contributed by atoms with E-state index in [1.807, 2.05) is 97.9 Å². The predicted molar refractivity (Wildman–Crippen MR) is 115 cm³/mol. The van der Waals surface area contributed by atoms with Crippen molar-refractivity contribution in [3.63, 3.8) is 0 Å². The van der Waals surface area contributed by atoms with E-state index in [0.717, 1.165) is 16.7 Å². The molecule has 2 atom stereocenters. The Morgan fingerprint density at radius 3 is 1.77 bits per heavy atom. The molecule has 150 valence electrons. The molecule has 6 nitrogen and oxygen atoms in total. The van der Waals surface area contributed by atoms with Gasteiger partial charge in [-0.05, 0) is 23.6 Å². The van der Waals surface area contributed by atoms with E-state index in [1.54, 1.807) is 0 Å². The first-order valence-corrected chi connectivity index (χ1v) is 9.92. The monoisotopic (exact) mass is 397 g/mol. The van der Waals surface area contributed by atoms with Gasteiger partial charge in [-0.3, -0.25) is 4.79 Å². The molecule has 0 aliphatic carbocycles. The average Bonchev–Trinajstić information content (AvgIpc) is 3.33. The van der Waals surface area contributed by atoms with Crippen molar-refractivity contribution < 1.29 is 4.79 Å². The first-order chi connectivity index (χ1) is 14.7. The maximum Gasteiger partial charge on any atom is 0.232 e. The number of amides is 1. The van der Waals surface area contributed by atoms with Crippen LogP contribution in [0.5, 0.6) is 0 Å². The zero-order valence-electron chi connectivity index (χ0n) is 16.6. The number of hydrogen-bond acceptors (Lipinski definition) is 4. The highest BCUT2D eigenvalue weighted by Crippen LogP contribution is 2.37. The minimum atomic E-state index is -0.639. The van der Waals surface area contributed by atoms with Crippen LogP contribution < -0.4 is 5.32 Å². The number of rotatable bonds is 7. The minimum Gasteiger partial charge on any atom is -0.349 e. The van der Waals surface area contributed by atoms with Crippen LogP contribution in [0.25, 0.3) is 0 Å². The fraction of sp³-hybridized carbons (Fsp3) is 0.167. The summed E-state index contributed by atoms with van der Waals surface area (Å²) in [6, 6.07) is 29.7. The molecular weight excluding hydrogens is 374 g/mol. The number of benzene rings is 3. The van der Waals surface area contributed by atoms with Crippen LogP contribution in [-0.2, 0) is 4.79 Å². The third-order valence-electron chi connectivity index (χ3n) is 5.23. The van der Waals surface area contributed by atoms with Crippen LogP contribution in [0.15, 0.2) is 91.0 Å². The van der Waals surface area contributed by atoms with Gasteiger partial charge < -0.3 is 5.32 Å². The molecule has 0 radical (unpaired) electrons. The SMILES string of the molecule is CC(NC(=O)C(c1nn[nH]n1)C(c1ccccc1)c1ccccc1)c1ccccc1. The molecule has 6 heteroatoms. The van der Waals surface area contributed by atoms with Gasteiger partial charge >= 0.3 is 0 Å². The highest BCUT2D eigenvalue weighted by Gasteiger charge is 2.36. The number of tetrazole rings is 1. The minimum absolute atomic E-state index is 0.148. The average molecular weight is 397 g/mol. The van der Waals surface area contributed by atoms with Crippen molar-refractivity contribution >= 4 is 5.91 Å². The molecule has 0 bridgehead atoms. The van der Waals surface area contributed by atoms with Gasteiger partial charge in [0.25, 0.3) is 0 Å². The second-order valence-corrected chi connectivity index (χ2v) is 7.19. The Hall–Kier alpha value is -3.80. The summed E-state index contributed by atoms with van der Waals surface area (Å²) in [7, 11) is 0. The van der Waals surface area contributed by atoms with Crippen molar-refractivity contribution in [1.82, 2.24) is 25.9 Å². The van der Waals surface area contributed by atoms with E-state index in [9.17, 15) is 4.79 Å². The smallest absolute Gasteiger partial charge is 0.232 e. The van der Waals surface area contributed by atoms with Crippen LogP contribution >= 0.6 is 0 Å². The fourth-order valence-corrected chi connectivity index (χ4v) is 3.75. The summed E-state index contributed by atoms with van der Waals surface area (Å²) in [6.07, 6.45) is 0. The third-order valence-corrected chi connectivity index (χ3v) is 5.23. The molecule has 0 fully saturated rings. The van der Waals surface area contributed by atoms with E-state index in [0.29, 0.717) is 5.82 Å². The lowest BCUT2D eigenvalue weighted by atomic mass is 9.79. The zero-order chi connectivity index (χ0) is 20.8. The van der Waals surface area contributed by atoms with Gasteiger partial charge in [-0.2, -0.15) is 5.21 Å². The summed E-state index contributed by atoms with van der Waals surface area (Å²) in [4.78, 5) is 13.6. The van der Waals surface area contributed by atoms with Gasteiger partial charge in [0.1, 0.15) is 5.92 Å². The first kappa shape index (κ1) is 19.5. The lowest BCUT2D eigenvalue weighted by Gasteiger charge is -2.27. The Kier molecular flexibility index (Phi) is 5.94. The number of aromatic amines is 1. The van der Waals surface area contributed by atoms with Crippen molar-refractivity contribution in [2.75, 3.05) is 0 Å². The Bertz CT molecular complexity index is 1010. The number of nitrogens with one attached hydrogen (secondary N) is 2. The van der Waals surface area contributed by atoms with Crippen molar-refractivity contribution in [2.24, 2.45) is 0 Å². The van der Waals surface area contributed by atoms with E-state index in [-0.39, 0.29) is 17.9 Å². The molecule has 1 aromatic heterocycles. The van der Waals surface area contributed by atoms with E-state index in [4.69, 9.17) is 0 Å². The van der Waals surface area contributed by atoms with Crippen molar-refractivity contribution in [3.05, 3.63) is 114 Å². The van der Waals surface area contributed by atoms with Crippen LogP contribution in [0.3, 0.4) is 0 Å². The number of carbonyl (C=O) groups is 1. The summed E-state index contributed by atoms with van der Waals surface area (Å²) in [5.41, 5.74) is 3.07. The van der Waals surface area contributed by atoms with Gasteiger partial charge in [-0.15, -0.1) is 10.2 Å². The van der Waals surface area contributed by atoms with E-state index in [1.165, 1.54) is 0 Å². The van der Waals surface area contributed by atoms with Crippen LogP contribution in [0.4, 0.5) is 0 Å². The van der Waals surface area contributed by atoms with Crippen LogP contribution in [0, 0.1) is 0 Å². The highest BCUT2D eigenvalue weighted by atomic mass is 16.2. The molecular formula is C24H23N5O. The van der Waals surface area contributed by atoms with Gasteiger partial charge in [-0.1, -0.05) is 96.2 Å². The molecule has 0 aliphatic rings. The number of aromatic nitrogens is 4. The molecule has 2 unspecified atom stereocenters. The second kappa shape index (κ2) is 9.13. The zero-order valence-corrected chi connectivity index (χ0v) is 16.6. The molecule has 2 N–H and O–H groups in total. The molecule has 0 saturated heterocycles. The molecule has 4 aromatic rings. The largest absolute Gasteiger partial charge is 0.349 e. The summed E-state index contributed by atoms with van der Waals surface area (Å²) in [6.45, 7) is 1.97. The molecule has 30 heavy (non-hydrogen) atoms. The van der Waals surface area contributed by atoms with Crippen molar-refractivity contribution in [1.29, 1.82) is 0 Å². The van der Waals surface area contributed by atoms with Gasteiger partial charge in [0.15, 0.2) is 5.82 Å². The normalized spacial score (nSPS) is 13.0. The molecule has 4 rings (SSSR count). The number of carbonyl (C=O) groups excluding carboxylic acids is 1.